The lowest BCUT2D eigenvalue weighted by atomic mass is 9.99. The van der Waals surface area contributed by atoms with Gasteiger partial charge in [0.2, 0.25) is 5.91 Å². The predicted octanol–water partition coefficient (Wildman–Crippen LogP) is 4.26. The van der Waals surface area contributed by atoms with E-state index < -0.39 is 0 Å². The van der Waals surface area contributed by atoms with E-state index in [9.17, 15) is 9.59 Å². The Balaban J connectivity index is 0.00000280. The highest BCUT2D eigenvalue weighted by molar-refractivity contribution is 5.98. The van der Waals surface area contributed by atoms with Crippen molar-refractivity contribution in [1.29, 1.82) is 0 Å². The van der Waals surface area contributed by atoms with Crippen molar-refractivity contribution in [3.05, 3.63) is 35.4 Å². The van der Waals surface area contributed by atoms with Gasteiger partial charge in [0.25, 0.3) is 0 Å². The first kappa shape index (κ1) is 22.9. The smallest absolute Gasteiger partial charge is 0.223 e. The average Bonchev–Trinajstić information content (AvgIpc) is 3.49. The summed E-state index contributed by atoms with van der Waals surface area (Å²) in [6, 6.07) is 8.44. The number of ketones is 1. The molecule has 0 aromatic heterocycles. The van der Waals surface area contributed by atoms with Crippen LogP contribution >= 0.6 is 12.4 Å². The Bertz CT molecular complexity index is 633. The van der Waals surface area contributed by atoms with E-state index in [2.05, 4.69) is 19.2 Å². The van der Waals surface area contributed by atoms with Crippen molar-refractivity contribution < 1.29 is 9.59 Å². The maximum absolute atomic E-state index is 12.4. The van der Waals surface area contributed by atoms with Gasteiger partial charge in [-0.1, -0.05) is 38.1 Å². The minimum Gasteiger partial charge on any atom is -0.343 e. The van der Waals surface area contributed by atoms with Gasteiger partial charge in [-0.05, 0) is 56.0 Å². The molecule has 1 heterocycles. The molecule has 5 heteroatoms. The molecule has 2 aliphatic rings. The molecule has 0 unspecified atom stereocenters. The fourth-order valence-corrected chi connectivity index (χ4v) is 3.81. The normalized spacial score (nSPS) is 17.5. The molecule has 0 radical (unpaired) electrons. The first-order chi connectivity index (χ1) is 13.0. The lowest BCUT2D eigenvalue weighted by Gasteiger charge is -2.32. The largest absolute Gasteiger partial charge is 0.343 e. The molecule has 0 atom stereocenters. The zero-order chi connectivity index (χ0) is 19.2. The molecular formula is C23H35ClN2O2. The van der Waals surface area contributed by atoms with E-state index in [4.69, 9.17) is 0 Å². The van der Waals surface area contributed by atoms with Crippen molar-refractivity contribution in [2.45, 2.75) is 64.8 Å². The first-order valence-corrected chi connectivity index (χ1v) is 10.6. The van der Waals surface area contributed by atoms with Crippen LogP contribution in [0.1, 0.15) is 68.3 Å². The molecule has 28 heavy (non-hydrogen) atoms. The van der Waals surface area contributed by atoms with Gasteiger partial charge in [-0.25, -0.2) is 0 Å². The number of carbonyl (C=O) groups excluding carboxylic acids is 2. The fourth-order valence-electron chi connectivity index (χ4n) is 3.81. The van der Waals surface area contributed by atoms with E-state index in [1.807, 2.05) is 29.2 Å². The Hall–Kier alpha value is -1.39. The molecule has 0 spiro atoms. The number of nitrogens with one attached hydrogen (secondary N) is 1. The third-order valence-electron chi connectivity index (χ3n) is 5.73. The Morgan fingerprint density at radius 1 is 1.04 bits per heavy atom. The summed E-state index contributed by atoms with van der Waals surface area (Å²) >= 11 is 0. The monoisotopic (exact) mass is 406 g/mol. The van der Waals surface area contributed by atoms with E-state index in [0.717, 1.165) is 50.4 Å². The zero-order valence-corrected chi connectivity index (χ0v) is 18.1. The summed E-state index contributed by atoms with van der Waals surface area (Å²) in [5, 5.41) is 3.64. The second-order valence-corrected chi connectivity index (χ2v) is 8.72. The number of halogens is 1. The van der Waals surface area contributed by atoms with Crippen molar-refractivity contribution in [1.82, 2.24) is 10.2 Å². The quantitative estimate of drug-likeness (QED) is 0.623. The number of hydrogen-bond acceptors (Lipinski definition) is 3. The minimum atomic E-state index is 0. The molecule has 1 N–H and O–H groups in total. The van der Waals surface area contributed by atoms with Gasteiger partial charge < -0.3 is 10.2 Å². The van der Waals surface area contributed by atoms with E-state index in [1.165, 1.54) is 18.4 Å². The van der Waals surface area contributed by atoms with Gasteiger partial charge in [-0.3, -0.25) is 9.59 Å². The molecule has 1 aliphatic carbocycles. The van der Waals surface area contributed by atoms with Crippen molar-refractivity contribution in [2.75, 3.05) is 19.6 Å². The van der Waals surface area contributed by atoms with Gasteiger partial charge in [0, 0.05) is 37.5 Å². The summed E-state index contributed by atoms with van der Waals surface area (Å²) in [6.45, 7) is 7.16. The standard InChI is InChI=1S/C23H34N2O2.ClH/c1-17(2)15-18-5-7-20(8-6-18)22(26)9-10-23(27)25-13-11-21(12-14-25)24-16-19-3-4-19;/h5-8,17,19,21,24H,3-4,9-16H2,1-2H3;1H. The summed E-state index contributed by atoms with van der Waals surface area (Å²) in [7, 11) is 0. The van der Waals surface area contributed by atoms with Gasteiger partial charge in [-0.15, -0.1) is 12.4 Å². The maximum atomic E-state index is 12.4. The number of piperidine rings is 1. The highest BCUT2D eigenvalue weighted by Gasteiger charge is 2.26. The van der Waals surface area contributed by atoms with E-state index in [-0.39, 0.29) is 24.1 Å². The molecule has 1 saturated carbocycles. The van der Waals surface area contributed by atoms with Crippen LogP contribution in [-0.2, 0) is 11.2 Å². The molecule has 4 nitrogen and oxygen atoms in total. The van der Waals surface area contributed by atoms with Crippen LogP contribution < -0.4 is 5.32 Å². The highest BCUT2D eigenvalue weighted by atomic mass is 35.5. The molecule has 3 rings (SSSR count). The summed E-state index contributed by atoms with van der Waals surface area (Å²) < 4.78 is 0. The van der Waals surface area contributed by atoms with E-state index in [1.54, 1.807) is 0 Å². The van der Waals surface area contributed by atoms with Crippen molar-refractivity contribution in [2.24, 2.45) is 11.8 Å². The van der Waals surface area contributed by atoms with Crippen LogP contribution in [0.15, 0.2) is 24.3 Å². The van der Waals surface area contributed by atoms with Crippen LogP contribution in [0.2, 0.25) is 0 Å². The number of likely N-dealkylation sites (tertiary alicyclic amines) is 1. The SMILES string of the molecule is CC(C)Cc1ccc(C(=O)CCC(=O)N2CCC(NCC3CC3)CC2)cc1.Cl. The van der Waals surface area contributed by atoms with Crippen LogP contribution in [0.4, 0.5) is 0 Å². The van der Waals surface area contributed by atoms with Gasteiger partial charge >= 0.3 is 0 Å². The molecule has 0 bridgehead atoms. The van der Waals surface area contributed by atoms with Crippen molar-refractivity contribution in [3.8, 4) is 0 Å². The summed E-state index contributed by atoms with van der Waals surface area (Å²) in [6.07, 6.45) is 6.47. The molecule has 2 fully saturated rings. The summed E-state index contributed by atoms with van der Waals surface area (Å²) in [4.78, 5) is 26.8. The fraction of sp³-hybridized carbons (Fsp3) is 0.652. The molecule has 1 aromatic carbocycles. The van der Waals surface area contributed by atoms with E-state index >= 15 is 0 Å². The van der Waals surface area contributed by atoms with E-state index in [0.29, 0.717) is 24.8 Å². The number of hydrogen-bond donors (Lipinski definition) is 1. The maximum Gasteiger partial charge on any atom is 0.223 e. The van der Waals surface area contributed by atoms with Crippen molar-refractivity contribution >= 4 is 24.1 Å². The topological polar surface area (TPSA) is 49.4 Å². The Morgan fingerprint density at radius 2 is 1.68 bits per heavy atom. The average molecular weight is 407 g/mol. The molecule has 1 amide bonds. The predicted molar refractivity (Wildman–Crippen MR) is 116 cm³/mol. The molecule has 1 aliphatic heterocycles. The number of carbonyl (C=O) groups is 2. The summed E-state index contributed by atoms with van der Waals surface area (Å²) in [5.41, 5.74) is 1.98. The molecule has 1 aromatic rings. The van der Waals surface area contributed by atoms with Gasteiger partial charge in [-0.2, -0.15) is 0 Å². The van der Waals surface area contributed by atoms with Crippen LogP contribution in [-0.4, -0.2) is 42.3 Å². The lowest BCUT2D eigenvalue weighted by molar-refractivity contribution is -0.132. The first-order valence-electron chi connectivity index (χ1n) is 10.6. The Kier molecular flexibility index (Phi) is 8.97. The minimum absolute atomic E-state index is 0. The number of Topliss-reactive ketones (excluding diaryl/α,β-unsaturated/α-hetero) is 1. The van der Waals surface area contributed by atoms with Gasteiger partial charge in [0.15, 0.2) is 5.78 Å². The number of amides is 1. The number of rotatable bonds is 9. The zero-order valence-electron chi connectivity index (χ0n) is 17.3. The number of benzene rings is 1. The van der Waals surface area contributed by atoms with Crippen LogP contribution in [0.5, 0.6) is 0 Å². The van der Waals surface area contributed by atoms with Crippen LogP contribution in [0, 0.1) is 11.8 Å². The molecule has 1 saturated heterocycles. The summed E-state index contributed by atoms with van der Waals surface area (Å²) in [5.74, 6) is 1.70. The van der Waals surface area contributed by atoms with Gasteiger partial charge in [0.05, 0.1) is 0 Å². The lowest BCUT2D eigenvalue weighted by Crippen LogP contribution is -2.45. The second-order valence-electron chi connectivity index (χ2n) is 8.72. The third kappa shape index (κ3) is 7.21. The Morgan fingerprint density at radius 3 is 2.25 bits per heavy atom. The highest BCUT2D eigenvalue weighted by Crippen LogP contribution is 2.28. The van der Waals surface area contributed by atoms with Crippen LogP contribution in [0.25, 0.3) is 0 Å². The number of nitrogens with zero attached hydrogens (tertiary/aromatic N) is 1. The van der Waals surface area contributed by atoms with Crippen molar-refractivity contribution in [3.63, 3.8) is 0 Å². The molecular weight excluding hydrogens is 372 g/mol. The molecule has 156 valence electrons. The van der Waals surface area contributed by atoms with Crippen LogP contribution in [0.3, 0.4) is 0 Å². The van der Waals surface area contributed by atoms with Gasteiger partial charge in [0.1, 0.15) is 0 Å². The Labute approximate surface area is 175 Å². The third-order valence-corrected chi connectivity index (χ3v) is 5.73. The second kappa shape index (κ2) is 11.0.